The highest BCUT2D eigenvalue weighted by Crippen LogP contribution is 2.41. The van der Waals surface area contributed by atoms with E-state index < -0.39 is 0 Å². The van der Waals surface area contributed by atoms with Gasteiger partial charge in [0.2, 0.25) is 0 Å². The van der Waals surface area contributed by atoms with Crippen LogP contribution in [0.3, 0.4) is 0 Å². The monoisotopic (exact) mass is 336 g/mol. The summed E-state index contributed by atoms with van der Waals surface area (Å²) in [6, 6.07) is 0. The first-order valence-corrected chi connectivity index (χ1v) is 10.8. The van der Waals surface area contributed by atoms with E-state index in [0.717, 1.165) is 12.3 Å². The predicted octanol–water partition coefficient (Wildman–Crippen LogP) is 7.40. The summed E-state index contributed by atoms with van der Waals surface area (Å²) in [7, 11) is 2.31. The van der Waals surface area contributed by atoms with Crippen LogP contribution in [0, 0.1) is 12.8 Å². The molecule has 0 aromatic rings. The quantitative estimate of drug-likeness (QED) is 0.335. The standard InChI is InChI=1S/C23H46N/c1-7-8-9-10-11-12-13-14-15-16-17-18-21-19-22(2,3)24(6)23(4,5)20-21/h21H,1,7-20H2,2-6H3. The van der Waals surface area contributed by atoms with Gasteiger partial charge in [0.1, 0.15) is 0 Å². The van der Waals surface area contributed by atoms with Crippen molar-refractivity contribution in [2.75, 3.05) is 7.05 Å². The molecule has 1 saturated heterocycles. The summed E-state index contributed by atoms with van der Waals surface area (Å²) in [5, 5.41) is 0. The maximum absolute atomic E-state index is 3.91. The van der Waals surface area contributed by atoms with E-state index in [4.69, 9.17) is 0 Å². The van der Waals surface area contributed by atoms with Crippen LogP contribution in [-0.2, 0) is 0 Å². The summed E-state index contributed by atoms with van der Waals surface area (Å²) < 4.78 is 0. The SMILES string of the molecule is [CH2]CCCCCCCCCCCCC1CC(C)(C)N(C)C(C)(C)C1. The lowest BCUT2D eigenvalue weighted by Crippen LogP contribution is -2.58. The Morgan fingerprint density at radius 3 is 1.50 bits per heavy atom. The summed E-state index contributed by atoms with van der Waals surface area (Å²) in [4.78, 5) is 2.60. The minimum atomic E-state index is 0.361. The van der Waals surface area contributed by atoms with Crippen LogP contribution in [0.25, 0.3) is 0 Å². The van der Waals surface area contributed by atoms with Crippen molar-refractivity contribution in [2.45, 2.75) is 129 Å². The fourth-order valence-electron chi connectivity index (χ4n) is 4.81. The number of likely N-dealkylation sites (tertiary alicyclic amines) is 1. The molecule has 1 radical (unpaired) electrons. The van der Waals surface area contributed by atoms with Gasteiger partial charge in [-0.25, -0.2) is 0 Å². The molecule has 143 valence electrons. The van der Waals surface area contributed by atoms with Crippen LogP contribution in [0.1, 0.15) is 118 Å². The molecule has 0 amide bonds. The van der Waals surface area contributed by atoms with E-state index in [-0.39, 0.29) is 0 Å². The Balaban J connectivity index is 2.03. The number of hydrogen-bond acceptors (Lipinski definition) is 1. The van der Waals surface area contributed by atoms with Crippen LogP contribution in [0.4, 0.5) is 0 Å². The Hall–Kier alpha value is -0.0400. The summed E-state index contributed by atoms with van der Waals surface area (Å²) in [5.41, 5.74) is 0.723. The molecule has 0 atom stereocenters. The number of unbranched alkanes of at least 4 members (excludes halogenated alkanes) is 10. The first kappa shape index (κ1) is 22.0. The van der Waals surface area contributed by atoms with Crippen LogP contribution in [0.15, 0.2) is 0 Å². The number of rotatable bonds is 12. The summed E-state index contributed by atoms with van der Waals surface area (Å²) in [5.74, 6) is 0.930. The molecule has 1 aliphatic heterocycles. The van der Waals surface area contributed by atoms with Gasteiger partial charge in [-0.15, -0.1) is 0 Å². The second-order valence-electron chi connectivity index (χ2n) is 9.64. The minimum absolute atomic E-state index is 0.361. The van der Waals surface area contributed by atoms with Crippen molar-refractivity contribution >= 4 is 0 Å². The van der Waals surface area contributed by atoms with Gasteiger partial charge in [0.15, 0.2) is 0 Å². The first-order chi connectivity index (χ1) is 11.3. The molecule has 1 rings (SSSR count). The molecule has 0 aliphatic carbocycles. The molecule has 0 aromatic heterocycles. The molecule has 0 saturated carbocycles. The summed E-state index contributed by atoms with van der Waals surface area (Å²) >= 11 is 0. The Labute approximate surface area is 154 Å². The van der Waals surface area contributed by atoms with E-state index >= 15 is 0 Å². The van der Waals surface area contributed by atoms with E-state index in [1.807, 2.05) is 0 Å². The first-order valence-electron chi connectivity index (χ1n) is 10.8. The van der Waals surface area contributed by atoms with Crippen LogP contribution in [0.2, 0.25) is 0 Å². The molecule has 0 N–H and O–H groups in total. The lowest BCUT2D eigenvalue weighted by Gasteiger charge is -2.54. The van der Waals surface area contributed by atoms with Gasteiger partial charge in [-0.05, 0) is 53.5 Å². The van der Waals surface area contributed by atoms with Crippen LogP contribution < -0.4 is 0 Å². The molecular formula is C23H46N. The average Bonchev–Trinajstić information content (AvgIpc) is 2.50. The lowest BCUT2D eigenvalue weighted by molar-refractivity contribution is -0.0321. The molecule has 0 bridgehead atoms. The van der Waals surface area contributed by atoms with Crippen molar-refractivity contribution < 1.29 is 0 Å². The number of piperidine rings is 1. The molecule has 1 heterocycles. The van der Waals surface area contributed by atoms with E-state index in [2.05, 4.69) is 46.6 Å². The van der Waals surface area contributed by atoms with Gasteiger partial charge in [0, 0.05) is 11.1 Å². The third-order valence-electron chi connectivity index (χ3n) is 6.50. The smallest absolute Gasteiger partial charge is 0.0158 e. The zero-order valence-corrected chi connectivity index (χ0v) is 17.6. The molecule has 1 aliphatic rings. The average molecular weight is 337 g/mol. The van der Waals surface area contributed by atoms with Gasteiger partial charge in [0.05, 0.1) is 0 Å². The van der Waals surface area contributed by atoms with Crippen molar-refractivity contribution in [3.8, 4) is 0 Å². The Morgan fingerprint density at radius 2 is 1.08 bits per heavy atom. The minimum Gasteiger partial charge on any atom is -0.296 e. The maximum atomic E-state index is 3.91. The van der Waals surface area contributed by atoms with E-state index in [0.29, 0.717) is 11.1 Å². The zero-order valence-electron chi connectivity index (χ0n) is 17.6. The van der Waals surface area contributed by atoms with Crippen molar-refractivity contribution in [1.82, 2.24) is 4.90 Å². The molecular weight excluding hydrogens is 290 g/mol. The van der Waals surface area contributed by atoms with E-state index in [9.17, 15) is 0 Å². The van der Waals surface area contributed by atoms with Crippen molar-refractivity contribution in [2.24, 2.45) is 5.92 Å². The van der Waals surface area contributed by atoms with Crippen molar-refractivity contribution in [1.29, 1.82) is 0 Å². The Kier molecular flexibility index (Phi) is 9.94. The second-order valence-corrected chi connectivity index (χ2v) is 9.64. The molecule has 1 heteroatoms. The molecule has 24 heavy (non-hydrogen) atoms. The second kappa shape index (κ2) is 10.8. The largest absolute Gasteiger partial charge is 0.296 e. The highest BCUT2D eigenvalue weighted by Gasteiger charge is 2.42. The fraction of sp³-hybridized carbons (Fsp3) is 0.957. The summed E-state index contributed by atoms with van der Waals surface area (Å²) in [6.45, 7) is 13.6. The van der Waals surface area contributed by atoms with Crippen LogP contribution in [-0.4, -0.2) is 23.0 Å². The topological polar surface area (TPSA) is 3.24 Å². The Morgan fingerprint density at radius 1 is 0.708 bits per heavy atom. The zero-order chi connectivity index (χ0) is 18.1. The molecule has 0 unspecified atom stereocenters. The van der Waals surface area contributed by atoms with Crippen molar-refractivity contribution in [3.63, 3.8) is 0 Å². The predicted molar refractivity (Wildman–Crippen MR) is 109 cm³/mol. The maximum Gasteiger partial charge on any atom is 0.0158 e. The van der Waals surface area contributed by atoms with Gasteiger partial charge in [0.25, 0.3) is 0 Å². The van der Waals surface area contributed by atoms with E-state index in [1.54, 1.807) is 0 Å². The van der Waals surface area contributed by atoms with Gasteiger partial charge < -0.3 is 0 Å². The molecule has 1 nitrogen and oxygen atoms in total. The third kappa shape index (κ3) is 7.89. The molecule has 0 spiro atoms. The van der Waals surface area contributed by atoms with Gasteiger partial charge >= 0.3 is 0 Å². The Bertz CT molecular complexity index is 300. The van der Waals surface area contributed by atoms with Gasteiger partial charge in [-0.2, -0.15) is 0 Å². The van der Waals surface area contributed by atoms with Crippen LogP contribution in [0.5, 0.6) is 0 Å². The normalized spacial score (nSPS) is 21.2. The highest BCUT2D eigenvalue weighted by molar-refractivity contribution is 4.98. The third-order valence-corrected chi connectivity index (χ3v) is 6.50. The lowest BCUT2D eigenvalue weighted by atomic mass is 9.72. The van der Waals surface area contributed by atoms with Crippen LogP contribution >= 0.6 is 0 Å². The van der Waals surface area contributed by atoms with Gasteiger partial charge in [-0.1, -0.05) is 84.0 Å². The molecule has 0 aromatic carbocycles. The number of nitrogens with zero attached hydrogens (tertiary/aromatic N) is 1. The van der Waals surface area contributed by atoms with E-state index in [1.165, 1.54) is 83.5 Å². The highest BCUT2D eigenvalue weighted by atomic mass is 15.2. The summed E-state index contributed by atoms with van der Waals surface area (Å²) in [6.07, 6.45) is 19.6. The molecule has 1 fully saturated rings. The van der Waals surface area contributed by atoms with Crippen molar-refractivity contribution in [3.05, 3.63) is 6.92 Å². The number of hydrogen-bond donors (Lipinski definition) is 0. The van der Waals surface area contributed by atoms with Gasteiger partial charge in [-0.3, -0.25) is 4.90 Å². The fourth-order valence-corrected chi connectivity index (χ4v) is 4.81.